The summed E-state index contributed by atoms with van der Waals surface area (Å²) in [6.45, 7) is 15.5. The summed E-state index contributed by atoms with van der Waals surface area (Å²) in [5.41, 5.74) is -1.55. The van der Waals surface area contributed by atoms with E-state index in [2.05, 4.69) is 50.4 Å². The number of nitrogens with zero attached hydrogens (tertiary/aromatic N) is 1. The minimum atomic E-state index is -2.92. The van der Waals surface area contributed by atoms with E-state index in [0.29, 0.717) is 0 Å². The van der Waals surface area contributed by atoms with Crippen LogP contribution in [-0.2, 0) is 24.2 Å². The van der Waals surface area contributed by atoms with Gasteiger partial charge in [-0.05, 0) is 62.2 Å². The third-order valence-electron chi connectivity index (χ3n) is 8.16. The zero-order valence-electron chi connectivity index (χ0n) is 28.0. The van der Waals surface area contributed by atoms with Gasteiger partial charge in [-0.3, -0.25) is 9.69 Å². The summed E-state index contributed by atoms with van der Waals surface area (Å²) in [4.78, 5) is 28.7. The molecule has 0 spiro atoms. The van der Waals surface area contributed by atoms with Crippen LogP contribution in [0.3, 0.4) is 0 Å². The predicted octanol–water partition coefficient (Wildman–Crippen LogP) is 6.41. The fourth-order valence-corrected chi connectivity index (χ4v) is 10.7. The summed E-state index contributed by atoms with van der Waals surface area (Å²) < 4.78 is 33.8. The molecule has 3 aromatic rings. The number of hydrogen-bond acceptors (Lipinski definition) is 5. The SMILES string of the molecule is CC(C)(C)OC(=O)N1C[C@@H](C(=O)NC(C)(C)c2ccc(Cl)cc2F)OC[C@@H]1CO[Si](c1ccccc1)(c1ccccc1)C(C)(C)C. The van der Waals surface area contributed by atoms with Gasteiger partial charge in [0.05, 0.1) is 31.3 Å². The van der Waals surface area contributed by atoms with Gasteiger partial charge in [0.2, 0.25) is 0 Å². The fourth-order valence-electron chi connectivity index (χ4n) is 5.97. The molecule has 2 atom stereocenters. The van der Waals surface area contributed by atoms with Crippen LogP contribution in [0.5, 0.6) is 0 Å². The Morgan fingerprint density at radius 1 is 0.935 bits per heavy atom. The second-order valence-corrected chi connectivity index (χ2v) is 19.1. The number of amides is 2. The molecule has 1 aliphatic heterocycles. The van der Waals surface area contributed by atoms with E-state index >= 15 is 0 Å². The van der Waals surface area contributed by atoms with E-state index in [1.807, 2.05) is 36.4 Å². The summed E-state index contributed by atoms with van der Waals surface area (Å²) in [5.74, 6) is -1.00. The van der Waals surface area contributed by atoms with Crippen molar-refractivity contribution in [2.75, 3.05) is 19.8 Å². The Balaban J connectivity index is 1.62. The lowest BCUT2D eigenvalue weighted by Gasteiger charge is -2.46. The average molecular weight is 669 g/mol. The standard InChI is InChI=1S/C36H46ClFN2O5Si/c1-34(2,3)45-33(42)40-22-31(32(41)39-36(7,8)29-20-19-25(37)21-30(29)38)43-23-26(40)24-44-46(35(4,5)6,27-15-11-9-12-16-27)28-17-13-10-14-18-28/h9-21,26,31H,22-24H2,1-8H3,(H,39,41)/t26-,31+/m1/s1. The molecular weight excluding hydrogens is 623 g/mol. The van der Waals surface area contributed by atoms with Crippen LogP contribution in [0.15, 0.2) is 78.9 Å². The Bertz CT molecular complexity index is 1470. The van der Waals surface area contributed by atoms with Crippen molar-refractivity contribution in [2.45, 2.75) is 83.7 Å². The van der Waals surface area contributed by atoms with Gasteiger partial charge in [-0.15, -0.1) is 0 Å². The Hall–Kier alpha value is -3.24. The minimum absolute atomic E-state index is 0.0469. The largest absolute Gasteiger partial charge is 0.444 e. The minimum Gasteiger partial charge on any atom is -0.444 e. The highest BCUT2D eigenvalue weighted by molar-refractivity contribution is 6.99. The number of nitrogens with one attached hydrogen (secondary N) is 1. The summed E-state index contributed by atoms with van der Waals surface area (Å²) in [6, 6.07) is 24.3. The summed E-state index contributed by atoms with van der Waals surface area (Å²) in [6.07, 6.45) is -1.57. The number of benzene rings is 3. The molecule has 1 N–H and O–H groups in total. The van der Waals surface area contributed by atoms with E-state index in [1.54, 1.807) is 46.8 Å². The van der Waals surface area contributed by atoms with E-state index in [9.17, 15) is 14.0 Å². The van der Waals surface area contributed by atoms with Crippen molar-refractivity contribution in [1.29, 1.82) is 0 Å². The van der Waals surface area contributed by atoms with Gasteiger partial charge in [-0.25, -0.2) is 9.18 Å². The Morgan fingerprint density at radius 3 is 2.00 bits per heavy atom. The number of halogens is 2. The molecule has 0 bridgehead atoms. The second-order valence-electron chi connectivity index (χ2n) is 14.3. The second kappa shape index (κ2) is 13.9. The number of ether oxygens (including phenoxy) is 2. The maximum absolute atomic E-state index is 14.8. The molecule has 248 valence electrons. The summed E-state index contributed by atoms with van der Waals surface area (Å²) >= 11 is 5.94. The molecule has 1 saturated heterocycles. The first-order valence-electron chi connectivity index (χ1n) is 15.6. The highest BCUT2D eigenvalue weighted by atomic mass is 35.5. The molecule has 0 aliphatic carbocycles. The van der Waals surface area contributed by atoms with Gasteiger partial charge in [0.25, 0.3) is 14.2 Å². The van der Waals surface area contributed by atoms with Gasteiger partial charge < -0.3 is 19.2 Å². The molecular formula is C36H46ClFN2O5Si. The zero-order valence-corrected chi connectivity index (χ0v) is 29.8. The lowest BCUT2D eigenvalue weighted by molar-refractivity contribution is -0.144. The molecule has 0 saturated carbocycles. The topological polar surface area (TPSA) is 77.1 Å². The summed E-state index contributed by atoms with van der Waals surface area (Å²) in [7, 11) is -2.92. The third-order valence-corrected chi connectivity index (χ3v) is 13.4. The van der Waals surface area contributed by atoms with Crippen molar-refractivity contribution in [3.8, 4) is 0 Å². The van der Waals surface area contributed by atoms with Gasteiger partial charge >= 0.3 is 6.09 Å². The van der Waals surface area contributed by atoms with Gasteiger partial charge in [0.15, 0.2) is 6.10 Å². The number of hydrogen-bond donors (Lipinski definition) is 1. The number of carbonyl (C=O) groups excluding carboxylic acids is 2. The van der Waals surface area contributed by atoms with Crippen molar-refractivity contribution >= 4 is 42.3 Å². The molecule has 1 heterocycles. The van der Waals surface area contributed by atoms with Gasteiger partial charge in [0, 0.05) is 10.6 Å². The van der Waals surface area contributed by atoms with Crippen molar-refractivity contribution < 1.29 is 27.9 Å². The number of morpholine rings is 1. The van der Waals surface area contributed by atoms with Gasteiger partial charge in [-0.2, -0.15) is 0 Å². The van der Waals surface area contributed by atoms with Crippen LogP contribution < -0.4 is 15.7 Å². The van der Waals surface area contributed by atoms with Crippen LogP contribution in [0.1, 0.15) is 61.0 Å². The van der Waals surface area contributed by atoms with Crippen molar-refractivity contribution in [2.24, 2.45) is 0 Å². The molecule has 1 fully saturated rings. The van der Waals surface area contributed by atoms with Crippen molar-refractivity contribution in [3.05, 3.63) is 95.3 Å². The van der Waals surface area contributed by atoms with Crippen LogP contribution in [0.25, 0.3) is 0 Å². The smallest absolute Gasteiger partial charge is 0.410 e. The quantitative estimate of drug-likeness (QED) is 0.281. The molecule has 46 heavy (non-hydrogen) atoms. The molecule has 0 aromatic heterocycles. The first-order chi connectivity index (χ1) is 21.4. The van der Waals surface area contributed by atoms with Crippen molar-refractivity contribution in [1.82, 2.24) is 10.2 Å². The monoisotopic (exact) mass is 668 g/mol. The molecule has 2 amide bonds. The zero-order chi connectivity index (χ0) is 33.9. The normalized spacial score (nSPS) is 17.8. The first kappa shape index (κ1) is 35.6. The Morgan fingerprint density at radius 2 is 1.50 bits per heavy atom. The lowest BCUT2D eigenvalue weighted by atomic mass is 9.93. The molecule has 0 radical (unpaired) electrons. The molecule has 1 aliphatic rings. The molecule has 3 aromatic carbocycles. The maximum Gasteiger partial charge on any atom is 0.410 e. The molecule has 10 heteroatoms. The number of carbonyl (C=O) groups is 2. The van der Waals surface area contributed by atoms with Crippen LogP contribution in [0, 0.1) is 5.82 Å². The predicted molar refractivity (Wildman–Crippen MR) is 183 cm³/mol. The van der Waals surface area contributed by atoms with Crippen LogP contribution in [-0.4, -0.2) is 62.7 Å². The van der Waals surface area contributed by atoms with E-state index < -0.39 is 49.4 Å². The average Bonchev–Trinajstić information content (AvgIpc) is 2.96. The van der Waals surface area contributed by atoms with Crippen LogP contribution in [0.2, 0.25) is 10.1 Å². The number of rotatable bonds is 8. The first-order valence-corrected chi connectivity index (χ1v) is 17.9. The van der Waals surface area contributed by atoms with Gasteiger partial charge in [0.1, 0.15) is 11.4 Å². The van der Waals surface area contributed by atoms with E-state index in [1.165, 1.54) is 11.0 Å². The maximum atomic E-state index is 14.8. The highest BCUT2D eigenvalue weighted by Gasteiger charge is 2.51. The third kappa shape index (κ3) is 8.00. The molecule has 4 rings (SSSR count). The van der Waals surface area contributed by atoms with Crippen LogP contribution in [0.4, 0.5) is 9.18 Å². The molecule has 0 unspecified atom stereocenters. The fraction of sp³-hybridized carbons (Fsp3) is 0.444. The van der Waals surface area contributed by atoms with Gasteiger partial charge in [-0.1, -0.05) is 99.1 Å². The Labute approximate surface area is 278 Å². The van der Waals surface area contributed by atoms with E-state index in [0.717, 1.165) is 10.4 Å². The van der Waals surface area contributed by atoms with Crippen molar-refractivity contribution in [3.63, 3.8) is 0 Å². The molecule has 7 nitrogen and oxygen atoms in total. The summed E-state index contributed by atoms with van der Waals surface area (Å²) in [5, 5.41) is 5.11. The Kier molecular flexibility index (Phi) is 10.7. The van der Waals surface area contributed by atoms with E-state index in [4.69, 9.17) is 25.5 Å². The highest BCUT2D eigenvalue weighted by Crippen LogP contribution is 2.37. The lowest BCUT2D eigenvalue weighted by Crippen LogP contribution is -2.68. The van der Waals surface area contributed by atoms with Crippen LogP contribution >= 0.6 is 11.6 Å². The van der Waals surface area contributed by atoms with E-state index in [-0.39, 0.29) is 35.4 Å².